The van der Waals surface area contributed by atoms with Crippen LogP contribution in [0.3, 0.4) is 0 Å². The first-order valence-electron chi connectivity index (χ1n) is 16.4. The molecule has 8 nitrogen and oxygen atoms in total. The van der Waals surface area contributed by atoms with Gasteiger partial charge in [-0.1, -0.05) is 30.7 Å². The van der Waals surface area contributed by atoms with Gasteiger partial charge in [-0.25, -0.2) is 9.78 Å². The van der Waals surface area contributed by atoms with Crippen LogP contribution in [0.25, 0.3) is 22.2 Å². The lowest BCUT2D eigenvalue weighted by atomic mass is 10.0. The Morgan fingerprint density at radius 3 is 2.49 bits per heavy atom. The number of likely N-dealkylation sites (tertiary alicyclic amines) is 2. The molecule has 2 aromatic heterocycles. The summed E-state index contributed by atoms with van der Waals surface area (Å²) in [5.74, 6) is 0. The zero-order valence-electron chi connectivity index (χ0n) is 26.4. The van der Waals surface area contributed by atoms with E-state index in [9.17, 15) is 4.79 Å². The van der Waals surface area contributed by atoms with Gasteiger partial charge >= 0.3 is 6.09 Å². The Morgan fingerprint density at radius 2 is 1.74 bits per heavy atom. The summed E-state index contributed by atoms with van der Waals surface area (Å²) in [5, 5.41) is 8.46. The Morgan fingerprint density at radius 1 is 0.977 bits per heavy atom. The second-order valence-electron chi connectivity index (χ2n) is 13.1. The number of amides is 1. The molecule has 43 heavy (non-hydrogen) atoms. The fourth-order valence-corrected chi connectivity index (χ4v) is 6.11. The van der Waals surface area contributed by atoms with Gasteiger partial charge in [-0.3, -0.25) is 4.98 Å². The Bertz CT molecular complexity index is 1310. The highest BCUT2D eigenvalue weighted by atomic mass is 16.6. The molecular weight excluding hydrogens is 536 g/mol. The smallest absolute Gasteiger partial charge is 0.410 e. The normalized spacial score (nSPS) is 16.9. The molecular formula is C35H50N6O2. The first kappa shape index (κ1) is 31.2. The molecule has 0 aliphatic carbocycles. The minimum Gasteiger partial charge on any atom is -0.444 e. The molecule has 2 aliphatic rings. The molecule has 0 unspecified atom stereocenters. The van der Waals surface area contributed by atoms with Gasteiger partial charge < -0.3 is 25.2 Å². The first-order valence-corrected chi connectivity index (χ1v) is 16.4. The number of carbonyl (C=O) groups excluding carboxylic acids is 1. The van der Waals surface area contributed by atoms with Crippen LogP contribution in [0.1, 0.15) is 71.3 Å². The molecule has 232 valence electrons. The van der Waals surface area contributed by atoms with E-state index in [1.807, 2.05) is 44.1 Å². The Labute approximate surface area is 257 Å². The summed E-state index contributed by atoms with van der Waals surface area (Å²) >= 11 is 0. The number of fused-ring (bicyclic) bond motifs is 1. The summed E-state index contributed by atoms with van der Waals surface area (Å²) in [7, 11) is 0. The number of anilines is 1. The largest absolute Gasteiger partial charge is 0.444 e. The molecule has 1 amide bonds. The van der Waals surface area contributed by atoms with Crippen molar-refractivity contribution in [2.75, 3.05) is 51.1 Å². The first-order chi connectivity index (χ1) is 20.8. The summed E-state index contributed by atoms with van der Waals surface area (Å²) in [6, 6.07) is 13.5. The van der Waals surface area contributed by atoms with Crippen molar-refractivity contribution in [3.05, 3.63) is 54.4 Å². The molecule has 2 N–H and O–H groups in total. The highest BCUT2D eigenvalue weighted by Crippen LogP contribution is 2.28. The summed E-state index contributed by atoms with van der Waals surface area (Å²) in [5.41, 5.74) is 5.10. The fourth-order valence-electron chi connectivity index (χ4n) is 6.11. The number of ether oxygens (including phenoxy) is 1. The average molecular weight is 587 g/mol. The predicted molar refractivity (Wildman–Crippen MR) is 176 cm³/mol. The van der Waals surface area contributed by atoms with E-state index in [0.29, 0.717) is 6.04 Å². The third-order valence-corrected chi connectivity index (χ3v) is 8.50. The van der Waals surface area contributed by atoms with Crippen LogP contribution in [0.15, 0.2) is 48.8 Å². The second-order valence-corrected chi connectivity index (χ2v) is 13.1. The van der Waals surface area contributed by atoms with Crippen molar-refractivity contribution < 1.29 is 9.53 Å². The number of pyridine rings is 2. The topological polar surface area (TPSA) is 82.6 Å². The van der Waals surface area contributed by atoms with Crippen LogP contribution in [0.4, 0.5) is 10.5 Å². The molecule has 8 heteroatoms. The molecule has 0 saturated carbocycles. The fraction of sp³-hybridized carbons (Fsp3) is 0.571. The van der Waals surface area contributed by atoms with Gasteiger partial charge in [0.05, 0.1) is 11.2 Å². The van der Waals surface area contributed by atoms with E-state index >= 15 is 0 Å². The number of hydrogen-bond donors (Lipinski definition) is 2. The minimum absolute atomic E-state index is 0.194. The van der Waals surface area contributed by atoms with E-state index in [-0.39, 0.29) is 6.09 Å². The molecule has 2 saturated heterocycles. The Hall–Kier alpha value is -3.23. The summed E-state index contributed by atoms with van der Waals surface area (Å²) in [6.45, 7) is 12.8. The molecule has 0 bridgehead atoms. The van der Waals surface area contributed by atoms with Gasteiger partial charge in [0.2, 0.25) is 0 Å². The molecule has 2 aliphatic heterocycles. The van der Waals surface area contributed by atoms with Crippen molar-refractivity contribution in [3.63, 3.8) is 0 Å². The Kier molecular flexibility index (Phi) is 10.9. The van der Waals surface area contributed by atoms with Gasteiger partial charge in [0.1, 0.15) is 5.60 Å². The van der Waals surface area contributed by atoms with Crippen molar-refractivity contribution in [2.45, 2.75) is 83.8 Å². The van der Waals surface area contributed by atoms with E-state index in [0.717, 1.165) is 92.7 Å². The predicted octanol–water partition coefficient (Wildman–Crippen LogP) is 6.51. The maximum atomic E-state index is 12.3. The van der Waals surface area contributed by atoms with E-state index in [1.54, 1.807) is 0 Å². The number of nitrogens with one attached hydrogen (secondary N) is 2. The van der Waals surface area contributed by atoms with Crippen molar-refractivity contribution in [1.29, 1.82) is 0 Å². The number of rotatable bonds is 11. The standard InChI is InChI=1S/C35H50N6O2/c1-35(2,3)43-34(42)41-23-15-29(16-24-41)37-17-7-9-27-10-12-28(13-11-27)32-25-33(30-26-36-19-14-31(30)39-32)38-18-8-22-40-20-5-4-6-21-40/h10-14,19,25-26,29,37H,4-9,15-18,20-24H2,1-3H3,(H,38,39). The lowest BCUT2D eigenvalue weighted by Crippen LogP contribution is -2.46. The number of nitrogens with zero attached hydrogens (tertiary/aromatic N) is 4. The number of carbonyl (C=O) groups is 1. The van der Waals surface area contributed by atoms with Crippen molar-refractivity contribution in [1.82, 2.24) is 25.1 Å². The molecule has 2 fully saturated rings. The molecule has 0 atom stereocenters. The van der Waals surface area contributed by atoms with Gasteiger partial charge in [0.25, 0.3) is 0 Å². The van der Waals surface area contributed by atoms with Crippen LogP contribution in [0.2, 0.25) is 0 Å². The molecule has 5 rings (SSSR count). The maximum Gasteiger partial charge on any atom is 0.410 e. The van der Waals surface area contributed by atoms with Gasteiger partial charge in [-0.2, -0.15) is 0 Å². The van der Waals surface area contributed by atoms with Crippen LogP contribution in [0, 0.1) is 0 Å². The number of hydrogen-bond acceptors (Lipinski definition) is 7. The molecule has 3 aromatic rings. The average Bonchev–Trinajstić information content (AvgIpc) is 3.01. The van der Waals surface area contributed by atoms with Crippen LogP contribution in [0.5, 0.6) is 0 Å². The number of benzene rings is 1. The number of piperidine rings is 2. The van der Waals surface area contributed by atoms with Crippen LogP contribution >= 0.6 is 0 Å². The lowest BCUT2D eigenvalue weighted by molar-refractivity contribution is 0.0198. The van der Waals surface area contributed by atoms with E-state index in [4.69, 9.17) is 9.72 Å². The Balaban J connectivity index is 1.08. The van der Waals surface area contributed by atoms with Crippen molar-refractivity contribution in [2.24, 2.45) is 0 Å². The van der Waals surface area contributed by atoms with E-state index in [1.165, 1.54) is 37.9 Å². The highest BCUT2D eigenvalue weighted by Gasteiger charge is 2.26. The summed E-state index contributed by atoms with van der Waals surface area (Å²) in [4.78, 5) is 26.1. The van der Waals surface area contributed by atoms with Crippen LogP contribution in [-0.4, -0.2) is 83.3 Å². The van der Waals surface area contributed by atoms with E-state index in [2.05, 4.69) is 50.8 Å². The van der Waals surface area contributed by atoms with E-state index < -0.39 is 5.60 Å². The summed E-state index contributed by atoms with van der Waals surface area (Å²) in [6.07, 6.45) is 12.8. The lowest BCUT2D eigenvalue weighted by Gasteiger charge is -2.33. The molecule has 0 spiro atoms. The van der Waals surface area contributed by atoms with Gasteiger partial charge in [-0.15, -0.1) is 0 Å². The second kappa shape index (κ2) is 15.0. The quantitative estimate of drug-likeness (QED) is 0.248. The zero-order chi connectivity index (χ0) is 30.1. The summed E-state index contributed by atoms with van der Waals surface area (Å²) < 4.78 is 5.52. The SMILES string of the molecule is CC(C)(C)OC(=O)N1CCC(NCCCc2ccc(-c3cc(NCCCN4CCCCC4)c4cnccc4n3)cc2)CC1. The monoisotopic (exact) mass is 586 g/mol. The number of aryl methyl sites for hydroxylation is 1. The third-order valence-electron chi connectivity index (χ3n) is 8.50. The molecule has 0 radical (unpaired) electrons. The van der Waals surface area contributed by atoms with Crippen LogP contribution in [-0.2, 0) is 11.2 Å². The van der Waals surface area contributed by atoms with Crippen LogP contribution < -0.4 is 10.6 Å². The minimum atomic E-state index is -0.444. The number of aromatic nitrogens is 2. The van der Waals surface area contributed by atoms with Crippen molar-refractivity contribution >= 4 is 22.7 Å². The highest BCUT2D eigenvalue weighted by molar-refractivity contribution is 5.93. The zero-order valence-corrected chi connectivity index (χ0v) is 26.4. The molecule has 4 heterocycles. The third kappa shape index (κ3) is 9.38. The van der Waals surface area contributed by atoms with Gasteiger partial charge in [0.15, 0.2) is 0 Å². The maximum absolute atomic E-state index is 12.3. The van der Waals surface area contributed by atoms with Crippen molar-refractivity contribution in [3.8, 4) is 11.3 Å². The molecule has 1 aromatic carbocycles. The van der Waals surface area contributed by atoms with Gasteiger partial charge in [-0.05, 0) is 110 Å². The van der Waals surface area contributed by atoms with Gasteiger partial charge in [0, 0.05) is 54.7 Å².